The van der Waals surface area contributed by atoms with Crippen LogP contribution in [0.5, 0.6) is 11.5 Å². The number of carbonyl (C=O) groups is 2. The molecule has 0 aliphatic carbocycles. The van der Waals surface area contributed by atoms with Gasteiger partial charge in [0.2, 0.25) is 5.91 Å². The number of methoxy groups -OCH3 is 1. The number of rotatable bonds is 10. The Bertz CT molecular complexity index is 888. The third-order valence-electron chi connectivity index (χ3n) is 4.61. The van der Waals surface area contributed by atoms with Gasteiger partial charge in [-0.1, -0.05) is 49.2 Å². The molecule has 0 spiro atoms. The summed E-state index contributed by atoms with van der Waals surface area (Å²) in [5.41, 5.74) is 0.863. The molecule has 2 rings (SSSR count). The van der Waals surface area contributed by atoms with Gasteiger partial charge in [0.25, 0.3) is 5.91 Å². The average Bonchev–Trinajstić information content (AvgIpc) is 2.74. The molecule has 2 aromatic carbocycles. The highest BCUT2D eigenvalue weighted by atomic mass is 35.5. The monoisotopic (exact) mass is 466 g/mol. The van der Waals surface area contributed by atoms with Gasteiger partial charge in [-0.05, 0) is 48.7 Å². The third kappa shape index (κ3) is 7.64. The second-order valence-corrected chi connectivity index (χ2v) is 8.39. The van der Waals surface area contributed by atoms with Crippen LogP contribution < -0.4 is 14.8 Å². The number of halogens is 2. The van der Waals surface area contributed by atoms with Gasteiger partial charge in [-0.15, -0.1) is 0 Å². The molecule has 0 bridgehead atoms. The molecule has 2 aromatic rings. The van der Waals surface area contributed by atoms with Gasteiger partial charge in [0.1, 0.15) is 17.5 Å². The first-order valence-corrected chi connectivity index (χ1v) is 10.7. The molecule has 0 unspecified atom stereocenters. The van der Waals surface area contributed by atoms with Gasteiger partial charge in [0, 0.05) is 18.1 Å². The van der Waals surface area contributed by atoms with Gasteiger partial charge in [-0.3, -0.25) is 9.59 Å². The van der Waals surface area contributed by atoms with Crippen LogP contribution in [0, 0.1) is 5.92 Å². The second kappa shape index (κ2) is 11.8. The van der Waals surface area contributed by atoms with Crippen molar-refractivity contribution in [2.24, 2.45) is 5.92 Å². The molecule has 0 heterocycles. The van der Waals surface area contributed by atoms with Crippen LogP contribution in [-0.4, -0.2) is 43.0 Å². The largest absolute Gasteiger partial charge is 0.497 e. The predicted octanol–water partition coefficient (Wildman–Crippen LogP) is 4.57. The molecule has 168 valence electrons. The zero-order valence-electron chi connectivity index (χ0n) is 18.2. The summed E-state index contributed by atoms with van der Waals surface area (Å²) in [4.78, 5) is 27.2. The molecule has 6 nitrogen and oxygen atoms in total. The van der Waals surface area contributed by atoms with E-state index >= 15 is 0 Å². The molecule has 0 fully saturated rings. The molecule has 1 N–H and O–H groups in total. The van der Waals surface area contributed by atoms with E-state index in [1.54, 1.807) is 32.2 Å². The number of ether oxygens (including phenoxy) is 2. The minimum atomic E-state index is -0.683. The van der Waals surface area contributed by atoms with Gasteiger partial charge < -0.3 is 19.7 Å². The third-order valence-corrected chi connectivity index (χ3v) is 5.14. The topological polar surface area (TPSA) is 67.9 Å². The van der Waals surface area contributed by atoms with E-state index in [2.05, 4.69) is 5.32 Å². The summed E-state index contributed by atoms with van der Waals surface area (Å²) < 4.78 is 10.8. The number of carbonyl (C=O) groups excluding carboxylic acids is 2. The Kier molecular flexibility index (Phi) is 9.46. The van der Waals surface area contributed by atoms with Crippen LogP contribution in [0.15, 0.2) is 42.5 Å². The molecule has 1 atom stereocenters. The summed E-state index contributed by atoms with van der Waals surface area (Å²) in [6.45, 7) is 6.23. The van der Waals surface area contributed by atoms with Crippen molar-refractivity contribution in [3.63, 3.8) is 0 Å². The smallest absolute Gasteiger partial charge is 0.261 e. The second-order valence-electron chi connectivity index (χ2n) is 7.55. The summed E-state index contributed by atoms with van der Waals surface area (Å²) in [6, 6.07) is 11.4. The fourth-order valence-electron chi connectivity index (χ4n) is 2.78. The molecule has 0 aromatic heterocycles. The highest BCUT2D eigenvalue weighted by Gasteiger charge is 2.26. The lowest BCUT2D eigenvalue weighted by molar-refractivity contribution is -0.142. The SMILES string of the molecule is COc1ccc(CN(C(=O)COc2ccc(Cl)cc2Cl)[C@@H](C)C(=O)NCC(C)C)cc1. The zero-order chi connectivity index (χ0) is 23.0. The number of hydrogen-bond acceptors (Lipinski definition) is 4. The van der Waals surface area contributed by atoms with Gasteiger partial charge in [0.05, 0.1) is 12.1 Å². The van der Waals surface area contributed by atoms with Gasteiger partial charge >= 0.3 is 0 Å². The van der Waals surface area contributed by atoms with Gasteiger partial charge in [-0.2, -0.15) is 0 Å². The van der Waals surface area contributed by atoms with Crippen LogP contribution in [0.3, 0.4) is 0 Å². The van der Waals surface area contributed by atoms with Crippen molar-refractivity contribution in [3.8, 4) is 11.5 Å². The lowest BCUT2D eigenvalue weighted by atomic mass is 10.1. The normalized spacial score (nSPS) is 11.7. The summed E-state index contributed by atoms with van der Waals surface area (Å²) in [6.07, 6.45) is 0. The van der Waals surface area contributed by atoms with E-state index in [0.29, 0.717) is 34.0 Å². The Balaban J connectivity index is 2.15. The van der Waals surface area contributed by atoms with Crippen molar-refractivity contribution in [2.75, 3.05) is 20.3 Å². The lowest BCUT2D eigenvalue weighted by Gasteiger charge is -2.29. The number of nitrogens with one attached hydrogen (secondary N) is 1. The zero-order valence-corrected chi connectivity index (χ0v) is 19.7. The van der Waals surface area contributed by atoms with E-state index < -0.39 is 6.04 Å². The van der Waals surface area contributed by atoms with Crippen molar-refractivity contribution in [3.05, 3.63) is 58.1 Å². The highest BCUT2D eigenvalue weighted by Crippen LogP contribution is 2.27. The molecule has 31 heavy (non-hydrogen) atoms. The van der Waals surface area contributed by atoms with Gasteiger partial charge in [0.15, 0.2) is 6.61 Å². The van der Waals surface area contributed by atoms with Crippen molar-refractivity contribution >= 4 is 35.0 Å². The molecule has 8 heteroatoms. The predicted molar refractivity (Wildman–Crippen MR) is 123 cm³/mol. The van der Waals surface area contributed by atoms with Gasteiger partial charge in [-0.25, -0.2) is 0 Å². The summed E-state index contributed by atoms with van der Waals surface area (Å²) >= 11 is 12.0. The van der Waals surface area contributed by atoms with Crippen molar-refractivity contribution in [2.45, 2.75) is 33.4 Å². The van der Waals surface area contributed by atoms with E-state index in [9.17, 15) is 9.59 Å². The van der Waals surface area contributed by atoms with Crippen LogP contribution in [0.25, 0.3) is 0 Å². The van der Waals surface area contributed by atoms with E-state index in [1.165, 1.54) is 4.90 Å². The number of benzene rings is 2. The Labute approximate surface area is 193 Å². The molecule has 0 saturated heterocycles. The number of amides is 2. The van der Waals surface area contributed by atoms with Crippen molar-refractivity contribution in [1.82, 2.24) is 10.2 Å². The number of hydrogen-bond donors (Lipinski definition) is 1. The first kappa shape index (κ1) is 24.8. The fraction of sp³-hybridized carbons (Fsp3) is 0.391. The van der Waals surface area contributed by atoms with E-state index in [4.69, 9.17) is 32.7 Å². The molecule has 0 aliphatic heterocycles. The van der Waals surface area contributed by atoms with Crippen LogP contribution in [-0.2, 0) is 16.1 Å². The van der Waals surface area contributed by atoms with Crippen LogP contribution in [0.1, 0.15) is 26.3 Å². The van der Waals surface area contributed by atoms with Crippen molar-refractivity contribution in [1.29, 1.82) is 0 Å². The lowest BCUT2D eigenvalue weighted by Crippen LogP contribution is -2.49. The Morgan fingerprint density at radius 1 is 1.06 bits per heavy atom. The average molecular weight is 467 g/mol. The quantitative estimate of drug-likeness (QED) is 0.556. The summed E-state index contributed by atoms with van der Waals surface area (Å²) in [5, 5.41) is 3.66. The number of nitrogens with zero attached hydrogens (tertiary/aromatic N) is 1. The summed E-state index contributed by atoms with van der Waals surface area (Å²) in [7, 11) is 1.59. The molecule has 0 aliphatic rings. The maximum Gasteiger partial charge on any atom is 0.261 e. The fourth-order valence-corrected chi connectivity index (χ4v) is 3.24. The van der Waals surface area contributed by atoms with Crippen LogP contribution >= 0.6 is 23.2 Å². The molecular formula is C23H28Cl2N2O4. The van der Waals surface area contributed by atoms with Crippen LogP contribution in [0.2, 0.25) is 10.0 Å². The minimum absolute atomic E-state index is 0.222. The van der Waals surface area contributed by atoms with E-state index in [0.717, 1.165) is 5.56 Å². The molecule has 2 amide bonds. The first-order valence-electron chi connectivity index (χ1n) is 9.99. The highest BCUT2D eigenvalue weighted by molar-refractivity contribution is 6.35. The maximum absolute atomic E-state index is 13.0. The Morgan fingerprint density at radius 2 is 1.74 bits per heavy atom. The maximum atomic E-state index is 13.0. The molecule has 0 saturated carbocycles. The van der Waals surface area contributed by atoms with E-state index in [-0.39, 0.29) is 25.0 Å². The van der Waals surface area contributed by atoms with Crippen molar-refractivity contribution < 1.29 is 19.1 Å². The minimum Gasteiger partial charge on any atom is -0.497 e. The standard InChI is InChI=1S/C23H28Cl2N2O4/c1-15(2)12-26-23(29)16(3)27(13-17-5-8-19(30-4)9-6-17)22(28)14-31-21-10-7-18(24)11-20(21)25/h5-11,15-16H,12-14H2,1-4H3,(H,26,29)/t16-/m0/s1. The summed E-state index contributed by atoms with van der Waals surface area (Å²) in [5.74, 6) is 0.803. The first-order chi connectivity index (χ1) is 14.7. The Morgan fingerprint density at radius 3 is 2.32 bits per heavy atom. The van der Waals surface area contributed by atoms with Crippen LogP contribution in [0.4, 0.5) is 0 Å². The molecule has 0 radical (unpaired) electrons. The molecular weight excluding hydrogens is 439 g/mol. The Hall–Kier alpha value is -2.44. The van der Waals surface area contributed by atoms with E-state index in [1.807, 2.05) is 38.1 Å².